The predicted molar refractivity (Wildman–Crippen MR) is 112 cm³/mol. The van der Waals surface area contributed by atoms with Crippen molar-refractivity contribution in [3.63, 3.8) is 0 Å². The number of carbonyl (C=O) groups is 1. The fourth-order valence-corrected chi connectivity index (χ4v) is 3.70. The van der Waals surface area contributed by atoms with E-state index in [1.807, 2.05) is 48.5 Å². The second-order valence-electron chi connectivity index (χ2n) is 6.82. The molecule has 0 aliphatic carbocycles. The lowest BCUT2D eigenvalue weighted by Crippen LogP contribution is -2.31. The average Bonchev–Trinajstić information content (AvgIpc) is 3.10. The Morgan fingerprint density at radius 2 is 1.79 bits per heavy atom. The van der Waals surface area contributed by atoms with Crippen molar-refractivity contribution in [3.05, 3.63) is 81.9 Å². The summed E-state index contributed by atoms with van der Waals surface area (Å²) in [6.07, 6.45) is 0. The SMILES string of the molecule is CCOC(=O)c1c(C)n(Cc2ccccc2)c(=O)n2c1cc1cc(OC)ccc12. The van der Waals surface area contributed by atoms with Crippen molar-refractivity contribution in [2.75, 3.05) is 13.7 Å². The van der Waals surface area contributed by atoms with E-state index in [4.69, 9.17) is 9.47 Å². The van der Waals surface area contributed by atoms with Gasteiger partial charge in [-0.2, -0.15) is 0 Å². The molecule has 0 aliphatic heterocycles. The number of esters is 1. The Bertz CT molecular complexity index is 1270. The molecular weight excluding hydrogens is 368 g/mol. The number of ether oxygens (including phenoxy) is 2. The maximum absolute atomic E-state index is 13.5. The monoisotopic (exact) mass is 390 g/mol. The number of hydrogen-bond donors (Lipinski definition) is 0. The number of nitrogens with zero attached hydrogens (tertiary/aromatic N) is 2. The average molecular weight is 390 g/mol. The van der Waals surface area contributed by atoms with Gasteiger partial charge in [0.25, 0.3) is 0 Å². The molecule has 0 radical (unpaired) electrons. The molecule has 0 saturated carbocycles. The molecule has 0 N–H and O–H groups in total. The van der Waals surface area contributed by atoms with Gasteiger partial charge in [-0.05, 0) is 43.7 Å². The van der Waals surface area contributed by atoms with Crippen molar-refractivity contribution in [2.24, 2.45) is 0 Å². The number of benzene rings is 2. The summed E-state index contributed by atoms with van der Waals surface area (Å²) in [6.45, 7) is 4.18. The van der Waals surface area contributed by atoms with Crippen LogP contribution in [0.25, 0.3) is 16.4 Å². The molecule has 0 unspecified atom stereocenters. The minimum atomic E-state index is -0.438. The van der Waals surface area contributed by atoms with Gasteiger partial charge < -0.3 is 9.47 Å². The fourth-order valence-electron chi connectivity index (χ4n) is 3.70. The summed E-state index contributed by atoms with van der Waals surface area (Å²) in [5.74, 6) is 0.249. The third-order valence-corrected chi connectivity index (χ3v) is 5.12. The van der Waals surface area contributed by atoms with Crippen LogP contribution in [0.4, 0.5) is 0 Å². The van der Waals surface area contributed by atoms with E-state index in [1.54, 1.807) is 36.0 Å². The highest BCUT2D eigenvalue weighted by atomic mass is 16.5. The van der Waals surface area contributed by atoms with Crippen LogP contribution in [0, 0.1) is 6.92 Å². The molecule has 0 saturated heterocycles. The van der Waals surface area contributed by atoms with Crippen molar-refractivity contribution >= 4 is 22.4 Å². The molecule has 148 valence electrons. The zero-order valence-electron chi connectivity index (χ0n) is 16.6. The van der Waals surface area contributed by atoms with Crippen molar-refractivity contribution in [1.29, 1.82) is 0 Å². The molecule has 0 fully saturated rings. The Morgan fingerprint density at radius 3 is 2.48 bits per heavy atom. The molecular formula is C23H22N2O4. The third kappa shape index (κ3) is 3.16. The number of carbonyl (C=O) groups excluding carboxylic acids is 1. The van der Waals surface area contributed by atoms with Gasteiger partial charge >= 0.3 is 11.7 Å². The first-order valence-electron chi connectivity index (χ1n) is 9.48. The number of hydrogen-bond acceptors (Lipinski definition) is 4. The highest BCUT2D eigenvalue weighted by Gasteiger charge is 2.22. The lowest BCUT2D eigenvalue weighted by molar-refractivity contribution is 0.0526. The van der Waals surface area contributed by atoms with E-state index in [2.05, 4.69) is 0 Å². The summed E-state index contributed by atoms with van der Waals surface area (Å²) >= 11 is 0. The van der Waals surface area contributed by atoms with E-state index in [1.165, 1.54) is 0 Å². The first kappa shape index (κ1) is 18.8. The minimum absolute atomic E-state index is 0.199. The first-order valence-corrected chi connectivity index (χ1v) is 9.48. The van der Waals surface area contributed by atoms with E-state index < -0.39 is 5.97 Å². The summed E-state index contributed by atoms with van der Waals surface area (Å²) in [5, 5.41) is 0.823. The summed E-state index contributed by atoms with van der Waals surface area (Å²) in [4.78, 5) is 26.3. The number of rotatable bonds is 5. The summed E-state index contributed by atoms with van der Waals surface area (Å²) in [5.41, 5.74) is 3.02. The van der Waals surface area contributed by atoms with Crippen LogP contribution in [0.15, 0.2) is 59.4 Å². The maximum atomic E-state index is 13.5. The summed E-state index contributed by atoms with van der Waals surface area (Å²) in [6, 6.07) is 17.0. The summed E-state index contributed by atoms with van der Waals surface area (Å²) < 4.78 is 13.8. The second-order valence-corrected chi connectivity index (χ2v) is 6.82. The van der Waals surface area contributed by atoms with Gasteiger partial charge in [0.2, 0.25) is 0 Å². The number of methoxy groups -OCH3 is 1. The molecule has 4 aromatic rings. The smallest absolute Gasteiger partial charge is 0.342 e. The first-order chi connectivity index (χ1) is 14.0. The zero-order valence-corrected chi connectivity index (χ0v) is 16.6. The van der Waals surface area contributed by atoms with Gasteiger partial charge in [-0.1, -0.05) is 30.3 Å². The molecule has 2 aromatic carbocycles. The standard InChI is InChI=1S/C23H22N2O4/c1-4-29-22(26)21-15(2)24(14-16-8-6-5-7-9-16)23(27)25-19-11-10-18(28-3)12-17(19)13-20(21)25/h5-13H,4,14H2,1-3H3. The fraction of sp³-hybridized carbons (Fsp3) is 0.217. The van der Waals surface area contributed by atoms with E-state index in [-0.39, 0.29) is 12.3 Å². The molecule has 6 heteroatoms. The van der Waals surface area contributed by atoms with Crippen molar-refractivity contribution in [2.45, 2.75) is 20.4 Å². The van der Waals surface area contributed by atoms with Gasteiger partial charge in [0, 0.05) is 11.1 Å². The third-order valence-electron chi connectivity index (χ3n) is 5.12. The van der Waals surface area contributed by atoms with Crippen LogP contribution < -0.4 is 10.4 Å². The Labute approximate surface area is 167 Å². The van der Waals surface area contributed by atoms with Crippen LogP contribution in [0.5, 0.6) is 5.75 Å². The molecule has 0 atom stereocenters. The second kappa shape index (κ2) is 7.47. The molecule has 29 heavy (non-hydrogen) atoms. The number of fused-ring (bicyclic) bond motifs is 3. The Hall–Kier alpha value is -3.54. The molecule has 0 amide bonds. The van der Waals surface area contributed by atoms with Crippen molar-refractivity contribution < 1.29 is 14.3 Å². The van der Waals surface area contributed by atoms with Gasteiger partial charge in [0.1, 0.15) is 11.3 Å². The Kier molecular flexibility index (Phi) is 4.84. The van der Waals surface area contributed by atoms with Crippen LogP contribution in [-0.4, -0.2) is 28.7 Å². The molecule has 2 heterocycles. The van der Waals surface area contributed by atoms with Crippen molar-refractivity contribution in [1.82, 2.24) is 8.97 Å². The molecule has 0 spiro atoms. The van der Waals surface area contributed by atoms with Gasteiger partial charge in [-0.15, -0.1) is 0 Å². The van der Waals surface area contributed by atoms with Gasteiger partial charge in [-0.3, -0.25) is 8.97 Å². The molecule has 0 aliphatic rings. The van der Waals surface area contributed by atoms with Crippen LogP contribution in [0.1, 0.15) is 28.5 Å². The van der Waals surface area contributed by atoms with Gasteiger partial charge in [0.15, 0.2) is 0 Å². The maximum Gasteiger partial charge on any atom is 0.342 e. The highest BCUT2D eigenvalue weighted by molar-refractivity contribution is 6.02. The van der Waals surface area contributed by atoms with E-state index in [0.29, 0.717) is 29.1 Å². The van der Waals surface area contributed by atoms with E-state index >= 15 is 0 Å². The highest BCUT2D eigenvalue weighted by Crippen LogP contribution is 2.27. The normalized spacial score (nSPS) is 11.1. The van der Waals surface area contributed by atoms with Gasteiger partial charge in [0.05, 0.1) is 31.3 Å². The molecule has 4 rings (SSSR count). The zero-order chi connectivity index (χ0) is 20.5. The van der Waals surface area contributed by atoms with Crippen LogP contribution in [-0.2, 0) is 11.3 Å². The van der Waals surface area contributed by atoms with Crippen LogP contribution >= 0.6 is 0 Å². The van der Waals surface area contributed by atoms with E-state index in [0.717, 1.165) is 16.5 Å². The van der Waals surface area contributed by atoms with Gasteiger partial charge in [-0.25, -0.2) is 9.59 Å². The van der Waals surface area contributed by atoms with Crippen LogP contribution in [0.2, 0.25) is 0 Å². The molecule has 0 bridgehead atoms. The lowest BCUT2D eigenvalue weighted by Gasteiger charge is -2.16. The lowest BCUT2D eigenvalue weighted by atomic mass is 10.1. The summed E-state index contributed by atoms with van der Waals surface area (Å²) in [7, 11) is 1.60. The topological polar surface area (TPSA) is 61.9 Å². The number of aromatic nitrogens is 2. The predicted octanol–water partition coefficient (Wildman–Crippen LogP) is 3.80. The van der Waals surface area contributed by atoms with E-state index in [9.17, 15) is 9.59 Å². The van der Waals surface area contributed by atoms with Crippen LogP contribution in [0.3, 0.4) is 0 Å². The quantitative estimate of drug-likeness (QED) is 0.487. The molecule has 6 nitrogen and oxygen atoms in total. The Balaban J connectivity index is 2.06. The van der Waals surface area contributed by atoms with Crippen molar-refractivity contribution in [3.8, 4) is 5.75 Å². The largest absolute Gasteiger partial charge is 0.497 e. The minimum Gasteiger partial charge on any atom is -0.497 e. The Morgan fingerprint density at radius 1 is 1.03 bits per heavy atom. The molecule has 2 aromatic heterocycles.